The van der Waals surface area contributed by atoms with E-state index in [-0.39, 0.29) is 0 Å². The van der Waals surface area contributed by atoms with E-state index < -0.39 is 0 Å². The molecule has 100 valence electrons. The van der Waals surface area contributed by atoms with E-state index in [1.165, 1.54) is 11.9 Å². The Hall–Kier alpha value is -2.30. The number of aromatic nitrogens is 2. The molecule has 1 heterocycles. The molecule has 1 aromatic carbocycles. The predicted octanol–water partition coefficient (Wildman–Crippen LogP) is 2.83. The zero-order valence-corrected chi connectivity index (χ0v) is 11.4. The number of rotatable bonds is 5. The maximum absolute atomic E-state index is 5.35. The highest BCUT2D eigenvalue weighted by molar-refractivity contribution is 5.66. The number of aryl methyl sites for hydroxylation is 1. The van der Waals surface area contributed by atoms with E-state index in [4.69, 9.17) is 4.74 Å². The minimum absolute atomic E-state index is 0.728. The average Bonchev–Trinajstić information content (AvgIpc) is 2.47. The molecule has 2 aromatic rings. The van der Waals surface area contributed by atoms with Crippen molar-refractivity contribution in [3.8, 4) is 5.75 Å². The molecular weight excluding hydrogens is 240 g/mol. The Balaban J connectivity index is 2.30. The van der Waals surface area contributed by atoms with Crippen LogP contribution in [0, 0.1) is 0 Å². The second kappa shape index (κ2) is 6.04. The van der Waals surface area contributed by atoms with Crippen LogP contribution in [0.5, 0.6) is 5.75 Å². The van der Waals surface area contributed by atoms with Crippen LogP contribution in [0.3, 0.4) is 0 Å². The topological polar surface area (TPSA) is 59.1 Å². The minimum atomic E-state index is 0.728. The molecule has 0 unspecified atom stereocenters. The summed E-state index contributed by atoms with van der Waals surface area (Å²) in [5, 5.41) is 6.24. The summed E-state index contributed by atoms with van der Waals surface area (Å²) >= 11 is 0. The molecule has 5 nitrogen and oxygen atoms in total. The average molecular weight is 258 g/mol. The van der Waals surface area contributed by atoms with Gasteiger partial charge >= 0.3 is 0 Å². The first kappa shape index (κ1) is 13.1. The lowest BCUT2D eigenvalue weighted by atomic mass is 10.1. The number of anilines is 3. The first-order valence-electron chi connectivity index (χ1n) is 6.20. The molecule has 2 rings (SSSR count). The van der Waals surface area contributed by atoms with Gasteiger partial charge in [0, 0.05) is 13.1 Å². The van der Waals surface area contributed by atoms with Gasteiger partial charge in [-0.3, -0.25) is 0 Å². The Morgan fingerprint density at radius 2 is 1.95 bits per heavy atom. The smallest absolute Gasteiger partial charge is 0.142 e. The lowest BCUT2D eigenvalue weighted by Crippen LogP contribution is -2.00. The normalized spacial score (nSPS) is 10.1. The van der Waals surface area contributed by atoms with Gasteiger partial charge in [-0.2, -0.15) is 0 Å². The lowest BCUT2D eigenvalue weighted by Gasteiger charge is -2.12. The van der Waals surface area contributed by atoms with Gasteiger partial charge in [-0.05, 0) is 24.1 Å². The van der Waals surface area contributed by atoms with Gasteiger partial charge in [-0.1, -0.05) is 13.0 Å². The summed E-state index contributed by atoms with van der Waals surface area (Å²) in [5.41, 5.74) is 2.15. The van der Waals surface area contributed by atoms with Crippen LogP contribution in [0.15, 0.2) is 30.6 Å². The first-order chi connectivity index (χ1) is 9.26. The Bertz CT molecular complexity index is 557. The molecule has 0 fully saturated rings. The number of ether oxygens (including phenoxy) is 1. The molecule has 1 aromatic heterocycles. The highest BCUT2D eigenvalue weighted by Gasteiger charge is 2.05. The van der Waals surface area contributed by atoms with Crippen molar-refractivity contribution in [3.63, 3.8) is 0 Å². The van der Waals surface area contributed by atoms with Gasteiger partial charge in [0.1, 0.15) is 23.7 Å². The molecule has 0 saturated heterocycles. The molecule has 0 aliphatic carbocycles. The predicted molar refractivity (Wildman–Crippen MR) is 77.2 cm³/mol. The van der Waals surface area contributed by atoms with Crippen molar-refractivity contribution < 1.29 is 4.74 Å². The van der Waals surface area contributed by atoms with E-state index >= 15 is 0 Å². The van der Waals surface area contributed by atoms with Crippen molar-refractivity contribution in [2.45, 2.75) is 13.3 Å². The van der Waals surface area contributed by atoms with E-state index in [2.05, 4.69) is 39.7 Å². The van der Waals surface area contributed by atoms with Crippen molar-refractivity contribution in [1.82, 2.24) is 9.97 Å². The van der Waals surface area contributed by atoms with Crippen LogP contribution in [0.4, 0.5) is 17.3 Å². The van der Waals surface area contributed by atoms with Crippen molar-refractivity contribution in [2.75, 3.05) is 24.8 Å². The van der Waals surface area contributed by atoms with E-state index in [1.807, 2.05) is 19.2 Å². The molecule has 0 radical (unpaired) electrons. The van der Waals surface area contributed by atoms with Crippen LogP contribution in [0.25, 0.3) is 0 Å². The molecule has 0 spiro atoms. The lowest BCUT2D eigenvalue weighted by molar-refractivity contribution is 0.416. The van der Waals surface area contributed by atoms with Gasteiger partial charge in [-0.25, -0.2) is 9.97 Å². The first-order valence-corrected chi connectivity index (χ1v) is 6.20. The van der Waals surface area contributed by atoms with Crippen LogP contribution in [0.2, 0.25) is 0 Å². The van der Waals surface area contributed by atoms with E-state index in [9.17, 15) is 0 Å². The van der Waals surface area contributed by atoms with Crippen LogP contribution < -0.4 is 15.4 Å². The van der Waals surface area contributed by atoms with Gasteiger partial charge in [0.05, 0.1) is 12.8 Å². The van der Waals surface area contributed by atoms with Crippen molar-refractivity contribution in [1.29, 1.82) is 0 Å². The van der Waals surface area contributed by atoms with Gasteiger partial charge < -0.3 is 15.4 Å². The molecule has 0 bridgehead atoms. The third-order valence-electron chi connectivity index (χ3n) is 2.86. The molecule has 0 atom stereocenters. The van der Waals surface area contributed by atoms with E-state index in [0.717, 1.165) is 29.5 Å². The van der Waals surface area contributed by atoms with Crippen molar-refractivity contribution >= 4 is 17.3 Å². The highest BCUT2D eigenvalue weighted by Crippen LogP contribution is 2.28. The Morgan fingerprint density at radius 1 is 1.16 bits per heavy atom. The highest BCUT2D eigenvalue weighted by atomic mass is 16.5. The summed E-state index contributed by atoms with van der Waals surface area (Å²) < 4.78 is 5.35. The fourth-order valence-electron chi connectivity index (χ4n) is 1.77. The second-order valence-electron chi connectivity index (χ2n) is 4.05. The zero-order chi connectivity index (χ0) is 13.7. The maximum Gasteiger partial charge on any atom is 0.142 e. The number of nitrogens with zero attached hydrogens (tertiary/aromatic N) is 2. The zero-order valence-electron chi connectivity index (χ0n) is 11.4. The summed E-state index contributed by atoms with van der Waals surface area (Å²) in [6.45, 7) is 2.12. The third kappa shape index (κ3) is 3.13. The molecule has 5 heteroatoms. The Kier molecular flexibility index (Phi) is 4.18. The third-order valence-corrected chi connectivity index (χ3v) is 2.86. The number of hydrogen-bond acceptors (Lipinski definition) is 5. The maximum atomic E-state index is 5.35. The molecule has 2 N–H and O–H groups in total. The fourth-order valence-corrected chi connectivity index (χ4v) is 1.77. The monoisotopic (exact) mass is 258 g/mol. The van der Waals surface area contributed by atoms with E-state index in [1.54, 1.807) is 7.11 Å². The second-order valence-corrected chi connectivity index (χ2v) is 4.05. The van der Waals surface area contributed by atoms with Crippen LogP contribution in [0.1, 0.15) is 12.5 Å². The fraction of sp³-hybridized carbons (Fsp3) is 0.286. The van der Waals surface area contributed by atoms with Crippen molar-refractivity contribution in [3.05, 3.63) is 36.2 Å². The Labute approximate surface area is 113 Å². The molecule has 0 saturated carbocycles. The molecule has 19 heavy (non-hydrogen) atoms. The number of benzene rings is 1. The summed E-state index contributed by atoms with van der Waals surface area (Å²) in [4.78, 5) is 8.28. The minimum Gasteiger partial charge on any atom is -0.495 e. The largest absolute Gasteiger partial charge is 0.495 e. The number of hydrogen-bond donors (Lipinski definition) is 2. The van der Waals surface area contributed by atoms with Crippen LogP contribution in [-0.2, 0) is 6.42 Å². The van der Waals surface area contributed by atoms with Gasteiger partial charge in [0.25, 0.3) is 0 Å². The van der Waals surface area contributed by atoms with Crippen LogP contribution >= 0.6 is 0 Å². The summed E-state index contributed by atoms with van der Waals surface area (Å²) in [7, 11) is 3.48. The molecular formula is C14H18N4O. The standard InChI is InChI=1S/C14H18N4O/c1-4-10-5-6-12(19-3)11(7-10)18-14-8-13(15-2)16-9-17-14/h5-9H,4H2,1-3H3,(H2,15,16,17,18). The summed E-state index contributed by atoms with van der Waals surface area (Å²) in [5.74, 6) is 2.29. The van der Waals surface area contributed by atoms with Crippen molar-refractivity contribution in [2.24, 2.45) is 0 Å². The number of methoxy groups -OCH3 is 1. The SMILES string of the molecule is CCc1ccc(OC)c(Nc2cc(NC)ncn2)c1. The Morgan fingerprint density at radius 3 is 2.63 bits per heavy atom. The molecule has 0 aliphatic heterocycles. The summed E-state index contributed by atoms with van der Waals surface area (Å²) in [6, 6.07) is 7.93. The van der Waals surface area contributed by atoms with E-state index in [0.29, 0.717) is 0 Å². The quantitative estimate of drug-likeness (QED) is 0.863. The molecule has 0 amide bonds. The van der Waals surface area contributed by atoms with Gasteiger partial charge in [0.15, 0.2) is 0 Å². The molecule has 0 aliphatic rings. The number of nitrogens with one attached hydrogen (secondary N) is 2. The summed E-state index contributed by atoms with van der Waals surface area (Å²) in [6.07, 6.45) is 2.49. The van der Waals surface area contributed by atoms with Gasteiger partial charge in [-0.15, -0.1) is 0 Å². The van der Waals surface area contributed by atoms with Gasteiger partial charge in [0.2, 0.25) is 0 Å². The van der Waals surface area contributed by atoms with Crippen LogP contribution in [-0.4, -0.2) is 24.1 Å².